The summed E-state index contributed by atoms with van der Waals surface area (Å²) >= 11 is 1.18. The van der Waals surface area contributed by atoms with Crippen LogP contribution in [0.1, 0.15) is 12.8 Å². The molecule has 0 aliphatic rings. The first-order valence-electron chi connectivity index (χ1n) is 6.63. The van der Waals surface area contributed by atoms with E-state index in [0.29, 0.717) is 34.7 Å². The smallest absolute Gasteiger partial charge is 0.277 e. The normalized spacial score (nSPS) is 10.3. The van der Waals surface area contributed by atoms with Crippen molar-refractivity contribution < 1.29 is 18.7 Å². The number of carbonyl (C=O) groups excluding carboxylic acids is 1. The van der Waals surface area contributed by atoms with E-state index in [-0.39, 0.29) is 11.7 Å². The molecule has 0 saturated carbocycles. The van der Waals surface area contributed by atoms with E-state index in [1.807, 2.05) is 6.92 Å². The SMILES string of the molecule is CCc1nnc(SCC(=O)Nc2cc(OC)ccc2OC)o1. The second kappa shape index (κ2) is 7.69. The van der Waals surface area contributed by atoms with E-state index < -0.39 is 0 Å². The molecular formula is C14H17N3O4S. The van der Waals surface area contributed by atoms with Crippen LogP contribution in [0.5, 0.6) is 11.5 Å². The highest BCUT2D eigenvalue weighted by Crippen LogP contribution is 2.29. The summed E-state index contributed by atoms with van der Waals surface area (Å²) in [5.41, 5.74) is 0.548. The number of rotatable bonds is 7. The number of hydrogen-bond donors (Lipinski definition) is 1. The van der Waals surface area contributed by atoms with E-state index in [1.54, 1.807) is 25.3 Å². The summed E-state index contributed by atoms with van der Waals surface area (Å²) in [4.78, 5) is 12.0. The zero-order valence-corrected chi connectivity index (χ0v) is 13.4. The van der Waals surface area contributed by atoms with Gasteiger partial charge in [-0.05, 0) is 12.1 Å². The monoisotopic (exact) mass is 323 g/mol. The second-order valence-electron chi connectivity index (χ2n) is 4.22. The summed E-state index contributed by atoms with van der Waals surface area (Å²) in [7, 11) is 3.10. The van der Waals surface area contributed by atoms with Crippen LogP contribution in [-0.2, 0) is 11.2 Å². The zero-order valence-electron chi connectivity index (χ0n) is 12.6. The van der Waals surface area contributed by atoms with Crippen molar-refractivity contribution in [2.45, 2.75) is 18.6 Å². The number of anilines is 1. The second-order valence-corrected chi connectivity index (χ2v) is 5.14. The highest BCUT2D eigenvalue weighted by molar-refractivity contribution is 7.99. The van der Waals surface area contributed by atoms with Crippen LogP contribution in [0.25, 0.3) is 0 Å². The molecule has 8 heteroatoms. The third kappa shape index (κ3) is 4.14. The third-order valence-electron chi connectivity index (χ3n) is 2.76. The molecule has 0 radical (unpaired) electrons. The molecule has 0 atom stereocenters. The Balaban J connectivity index is 1.96. The van der Waals surface area contributed by atoms with Crippen molar-refractivity contribution in [2.24, 2.45) is 0 Å². The minimum atomic E-state index is -0.201. The number of nitrogens with zero attached hydrogens (tertiary/aromatic N) is 2. The maximum Gasteiger partial charge on any atom is 0.277 e. The van der Waals surface area contributed by atoms with Crippen molar-refractivity contribution in [3.05, 3.63) is 24.1 Å². The lowest BCUT2D eigenvalue weighted by molar-refractivity contribution is -0.113. The van der Waals surface area contributed by atoms with Crippen molar-refractivity contribution >= 4 is 23.4 Å². The van der Waals surface area contributed by atoms with Gasteiger partial charge in [0.05, 0.1) is 25.7 Å². The minimum absolute atomic E-state index is 0.158. The van der Waals surface area contributed by atoms with Crippen LogP contribution in [0.3, 0.4) is 0 Å². The fourth-order valence-electron chi connectivity index (χ4n) is 1.66. The molecule has 0 aliphatic carbocycles. The van der Waals surface area contributed by atoms with Crippen molar-refractivity contribution in [3.8, 4) is 11.5 Å². The molecule has 22 heavy (non-hydrogen) atoms. The van der Waals surface area contributed by atoms with Gasteiger partial charge in [-0.2, -0.15) is 0 Å². The fraction of sp³-hybridized carbons (Fsp3) is 0.357. The number of hydrogen-bond acceptors (Lipinski definition) is 7. The molecule has 118 valence electrons. The lowest BCUT2D eigenvalue weighted by Crippen LogP contribution is -2.14. The van der Waals surface area contributed by atoms with E-state index in [9.17, 15) is 4.79 Å². The summed E-state index contributed by atoms with van der Waals surface area (Å²) in [5.74, 6) is 1.70. The van der Waals surface area contributed by atoms with Gasteiger partial charge in [0.15, 0.2) is 0 Å². The van der Waals surface area contributed by atoms with Gasteiger partial charge in [-0.15, -0.1) is 10.2 Å². The van der Waals surface area contributed by atoms with Crippen LogP contribution in [0.4, 0.5) is 5.69 Å². The van der Waals surface area contributed by atoms with Crippen molar-refractivity contribution in [3.63, 3.8) is 0 Å². The van der Waals surface area contributed by atoms with Gasteiger partial charge < -0.3 is 19.2 Å². The predicted molar refractivity (Wildman–Crippen MR) is 82.6 cm³/mol. The fourth-order valence-corrected chi connectivity index (χ4v) is 2.25. The summed E-state index contributed by atoms with van der Waals surface area (Å²) in [5, 5.41) is 10.8. The number of thioether (sulfide) groups is 1. The molecule has 1 aromatic heterocycles. The Labute approximate surface area is 132 Å². The average molecular weight is 323 g/mol. The van der Waals surface area contributed by atoms with Gasteiger partial charge in [0, 0.05) is 12.5 Å². The number of carbonyl (C=O) groups is 1. The summed E-state index contributed by atoms with van der Waals surface area (Å²) in [6.45, 7) is 1.92. The summed E-state index contributed by atoms with van der Waals surface area (Å²) in [6, 6.07) is 5.18. The first-order chi connectivity index (χ1) is 10.7. The highest BCUT2D eigenvalue weighted by Gasteiger charge is 2.12. The van der Waals surface area contributed by atoms with Crippen molar-refractivity contribution in [1.82, 2.24) is 10.2 Å². The molecule has 2 rings (SSSR count). The van der Waals surface area contributed by atoms with E-state index in [1.165, 1.54) is 18.9 Å². The molecule has 0 aliphatic heterocycles. The molecule has 0 bridgehead atoms. The van der Waals surface area contributed by atoms with E-state index in [4.69, 9.17) is 13.9 Å². The number of aromatic nitrogens is 2. The molecule has 0 spiro atoms. The van der Waals surface area contributed by atoms with Gasteiger partial charge in [0.25, 0.3) is 5.22 Å². The number of aryl methyl sites for hydroxylation is 1. The maximum absolute atomic E-state index is 12.0. The van der Waals surface area contributed by atoms with Crippen LogP contribution < -0.4 is 14.8 Å². The highest BCUT2D eigenvalue weighted by atomic mass is 32.2. The van der Waals surface area contributed by atoms with E-state index in [2.05, 4.69) is 15.5 Å². The average Bonchev–Trinajstić information content (AvgIpc) is 3.01. The molecule has 1 aromatic carbocycles. The summed E-state index contributed by atoms with van der Waals surface area (Å²) in [6.07, 6.45) is 0.667. The first-order valence-corrected chi connectivity index (χ1v) is 7.61. The van der Waals surface area contributed by atoms with Gasteiger partial charge in [0.2, 0.25) is 11.8 Å². The van der Waals surface area contributed by atoms with Crippen LogP contribution in [-0.4, -0.2) is 36.1 Å². The largest absolute Gasteiger partial charge is 0.497 e. The minimum Gasteiger partial charge on any atom is -0.497 e. The number of amides is 1. The first kappa shape index (κ1) is 16.2. The molecule has 1 heterocycles. The summed E-state index contributed by atoms with van der Waals surface area (Å²) < 4.78 is 15.7. The van der Waals surface area contributed by atoms with Gasteiger partial charge >= 0.3 is 0 Å². The lowest BCUT2D eigenvalue weighted by Gasteiger charge is -2.11. The molecule has 2 aromatic rings. The van der Waals surface area contributed by atoms with Gasteiger partial charge in [-0.1, -0.05) is 18.7 Å². The third-order valence-corrected chi connectivity index (χ3v) is 3.58. The van der Waals surface area contributed by atoms with Crippen LogP contribution in [0.15, 0.2) is 27.8 Å². The number of nitrogens with one attached hydrogen (secondary N) is 1. The Morgan fingerprint density at radius 3 is 2.77 bits per heavy atom. The Bertz CT molecular complexity index is 645. The topological polar surface area (TPSA) is 86.5 Å². The number of benzene rings is 1. The predicted octanol–water partition coefficient (Wildman–Crippen LogP) is 2.38. The van der Waals surface area contributed by atoms with E-state index >= 15 is 0 Å². The van der Waals surface area contributed by atoms with Crippen LogP contribution in [0, 0.1) is 0 Å². The van der Waals surface area contributed by atoms with Gasteiger partial charge in [-0.3, -0.25) is 4.79 Å². The Kier molecular flexibility index (Phi) is 5.65. The van der Waals surface area contributed by atoms with Crippen molar-refractivity contribution in [1.29, 1.82) is 0 Å². The molecule has 1 amide bonds. The molecule has 0 saturated heterocycles. The van der Waals surface area contributed by atoms with Gasteiger partial charge in [-0.25, -0.2) is 0 Å². The Hall–Kier alpha value is -2.22. The Morgan fingerprint density at radius 2 is 2.14 bits per heavy atom. The number of methoxy groups -OCH3 is 2. The molecular weight excluding hydrogens is 306 g/mol. The number of ether oxygens (including phenoxy) is 2. The molecule has 7 nitrogen and oxygen atoms in total. The quantitative estimate of drug-likeness (QED) is 0.783. The standard InChI is InChI=1S/C14H17N3O4S/c1-4-13-16-17-14(21-13)22-8-12(18)15-10-7-9(19-2)5-6-11(10)20-3/h5-7H,4,8H2,1-3H3,(H,15,18). The molecule has 0 fully saturated rings. The van der Waals surface area contributed by atoms with E-state index in [0.717, 1.165) is 0 Å². The molecule has 1 N–H and O–H groups in total. The zero-order chi connectivity index (χ0) is 15.9. The molecule has 0 unspecified atom stereocenters. The van der Waals surface area contributed by atoms with Crippen LogP contribution in [0.2, 0.25) is 0 Å². The van der Waals surface area contributed by atoms with Crippen molar-refractivity contribution in [2.75, 3.05) is 25.3 Å². The Morgan fingerprint density at radius 1 is 1.32 bits per heavy atom. The van der Waals surface area contributed by atoms with Crippen LogP contribution >= 0.6 is 11.8 Å². The lowest BCUT2D eigenvalue weighted by atomic mass is 10.2. The van der Waals surface area contributed by atoms with Gasteiger partial charge in [0.1, 0.15) is 11.5 Å². The maximum atomic E-state index is 12.0.